The third-order valence-corrected chi connectivity index (χ3v) is 0.722. The normalized spacial score (nSPS) is 7.30. The summed E-state index contributed by atoms with van der Waals surface area (Å²) in [6.45, 7) is 0.0139. The molecule has 0 aromatic carbocycles. The lowest BCUT2D eigenvalue weighted by Crippen LogP contribution is -1.89. The molecule has 0 bridgehead atoms. The first-order chi connectivity index (χ1) is 4.85. The maximum Gasteiger partial charge on any atom is 0.130 e. The van der Waals surface area contributed by atoms with Gasteiger partial charge >= 0.3 is 0 Å². The predicted molar refractivity (Wildman–Crippen MR) is 39.0 cm³/mol. The summed E-state index contributed by atoms with van der Waals surface area (Å²) in [6, 6.07) is 0. The number of aliphatic hydroxyl groups excluding tert-OH is 1. The van der Waals surface area contributed by atoms with Gasteiger partial charge in [-0.05, 0) is 0 Å². The third-order valence-electron chi connectivity index (χ3n) is 0.722. The van der Waals surface area contributed by atoms with Crippen LogP contribution in [0.1, 0.15) is 0 Å². The van der Waals surface area contributed by atoms with E-state index in [0.29, 0.717) is 0 Å². The highest BCUT2D eigenvalue weighted by Gasteiger charge is 1.77. The minimum Gasteiger partial charge on any atom is -0.376 e. The maximum absolute atomic E-state index is 8.35. The molecule has 1 rings (SSSR count). The number of aliphatic hydroxyl groups is 1. The number of thiol groups is 1. The van der Waals surface area contributed by atoms with Crippen molar-refractivity contribution in [1.82, 2.24) is 9.55 Å². The summed E-state index contributed by atoms with van der Waals surface area (Å²) in [4.78, 5) is 3.70. The van der Waals surface area contributed by atoms with Crippen LogP contribution in [0.25, 0.3) is 0 Å². The van der Waals surface area contributed by atoms with E-state index < -0.39 is 0 Å². The summed E-state index contributed by atoms with van der Waals surface area (Å²) >= 11 is 3.09. The first-order valence-corrected chi connectivity index (χ1v) is 2.89. The zero-order valence-corrected chi connectivity index (χ0v) is 6.07. The number of nitrogens with zero attached hydrogens (tertiary/aromatic N) is 3. The minimum atomic E-state index is 0.0139. The Labute approximate surface area is 64.1 Å². The van der Waals surface area contributed by atoms with Crippen molar-refractivity contribution in [3.05, 3.63) is 18.7 Å². The van der Waals surface area contributed by atoms with Crippen LogP contribution in [0.4, 0.5) is 0 Å². The van der Waals surface area contributed by atoms with E-state index in [0.717, 1.165) is 0 Å². The van der Waals surface area contributed by atoms with Crippen molar-refractivity contribution in [2.24, 2.45) is 0 Å². The van der Waals surface area contributed by atoms with Crippen LogP contribution in [0.3, 0.4) is 0 Å². The Bertz CT molecular complexity index is 191. The van der Waals surface area contributed by atoms with Crippen LogP contribution < -0.4 is 0 Å². The molecule has 0 unspecified atom stereocenters. The van der Waals surface area contributed by atoms with E-state index in [1.165, 1.54) is 5.40 Å². The van der Waals surface area contributed by atoms with Crippen LogP contribution in [-0.4, -0.2) is 14.7 Å². The Morgan fingerprint density at radius 1 is 1.80 bits per heavy atom. The van der Waals surface area contributed by atoms with Crippen LogP contribution in [-0.2, 0) is 6.73 Å². The maximum atomic E-state index is 8.35. The monoisotopic (exact) mass is 157 g/mol. The molecule has 0 spiro atoms. The molecule has 54 valence electrons. The van der Waals surface area contributed by atoms with Gasteiger partial charge in [-0.15, -0.1) is 0 Å². The SMILES string of the molecule is N#CS.OCn1ccnc1. The number of aromatic nitrogens is 2. The first kappa shape index (κ1) is 9.01. The van der Waals surface area contributed by atoms with E-state index >= 15 is 0 Å². The van der Waals surface area contributed by atoms with Crippen LogP contribution in [0.15, 0.2) is 18.7 Å². The number of nitriles is 1. The van der Waals surface area contributed by atoms with Gasteiger partial charge in [0.1, 0.15) is 12.1 Å². The highest BCUT2D eigenvalue weighted by Crippen LogP contribution is 1.79. The molecule has 0 aliphatic rings. The second-order valence-corrected chi connectivity index (χ2v) is 1.52. The number of imidazole rings is 1. The number of hydrogen-bond donors (Lipinski definition) is 2. The fourth-order valence-electron chi connectivity index (χ4n) is 0.370. The highest BCUT2D eigenvalue weighted by atomic mass is 32.1. The van der Waals surface area contributed by atoms with Gasteiger partial charge in [-0.3, -0.25) is 0 Å². The summed E-state index contributed by atoms with van der Waals surface area (Å²) in [5, 5.41) is 17.0. The molecule has 0 aliphatic heterocycles. The van der Waals surface area contributed by atoms with Crippen LogP contribution in [0.5, 0.6) is 0 Å². The molecule has 0 saturated carbocycles. The summed E-state index contributed by atoms with van der Waals surface area (Å²) in [5.74, 6) is 0. The summed E-state index contributed by atoms with van der Waals surface area (Å²) in [5.41, 5.74) is 0. The summed E-state index contributed by atoms with van der Waals surface area (Å²) < 4.78 is 1.57. The standard InChI is InChI=1S/C4H6N2O.CHNS/c7-4-6-2-1-5-3-6;2-1-3/h1-3,7H,4H2;3H. The quantitative estimate of drug-likeness (QED) is 0.453. The molecular weight excluding hydrogens is 150 g/mol. The molecule has 5 heteroatoms. The molecule has 1 N–H and O–H groups in total. The van der Waals surface area contributed by atoms with E-state index in [1.54, 1.807) is 23.3 Å². The van der Waals surface area contributed by atoms with Crippen molar-refractivity contribution < 1.29 is 5.11 Å². The average molecular weight is 157 g/mol. The van der Waals surface area contributed by atoms with Crippen molar-refractivity contribution in [3.63, 3.8) is 0 Å². The van der Waals surface area contributed by atoms with Crippen molar-refractivity contribution in [2.45, 2.75) is 6.73 Å². The zero-order chi connectivity index (χ0) is 7.82. The molecule has 0 radical (unpaired) electrons. The van der Waals surface area contributed by atoms with Crippen molar-refractivity contribution in [2.75, 3.05) is 0 Å². The van der Waals surface area contributed by atoms with E-state index in [9.17, 15) is 0 Å². The van der Waals surface area contributed by atoms with Gasteiger partial charge in [-0.25, -0.2) is 4.98 Å². The Balaban J connectivity index is 0.000000236. The molecule has 0 amide bonds. The summed E-state index contributed by atoms with van der Waals surface area (Å²) in [6.07, 6.45) is 4.87. The van der Waals surface area contributed by atoms with E-state index in [1.807, 2.05) is 0 Å². The second-order valence-electron chi connectivity index (χ2n) is 1.32. The molecule has 1 aromatic rings. The molecule has 0 aliphatic carbocycles. The lowest BCUT2D eigenvalue weighted by Gasteiger charge is -1.87. The molecule has 4 nitrogen and oxygen atoms in total. The molecule has 0 saturated heterocycles. The molecular formula is C5H7N3OS. The van der Waals surface area contributed by atoms with E-state index in [-0.39, 0.29) is 6.73 Å². The predicted octanol–water partition coefficient (Wildman–Crippen LogP) is 0.230. The Kier molecular flexibility index (Phi) is 5.53. The van der Waals surface area contributed by atoms with Gasteiger partial charge in [0.05, 0.1) is 6.33 Å². The average Bonchev–Trinajstić information content (AvgIpc) is 2.39. The van der Waals surface area contributed by atoms with Gasteiger partial charge in [0.2, 0.25) is 0 Å². The first-order valence-electron chi connectivity index (χ1n) is 2.45. The number of thiocyanates is 1. The van der Waals surface area contributed by atoms with Crippen LogP contribution in [0.2, 0.25) is 0 Å². The smallest absolute Gasteiger partial charge is 0.130 e. The lowest BCUT2D eigenvalue weighted by atomic mass is 10.9. The Hall–Kier alpha value is -0.990. The minimum absolute atomic E-state index is 0.0139. The molecule has 0 fully saturated rings. The largest absolute Gasteiger partial charge is 0.376 e. The highest BCUT2D eigenvalue weighted by molar-refractivity contribution is 7.85. The van der Waals surface area contributed by atoms with Gasteiger partial charge in [0.15, 0.2) is 0 Å². The van der Waals surface area contributed by atoms with Crippen LogP contribution in [0, 0.1) is 10.7 Å². The van der Waals surface area contributed by atoms with Crippen molar-refractivity contribution >= 4 is 12.6 Å². The zero-order valence-electron chi connectivity index (χ0n) is 5.18. The van der Waals surface area contributed by atoms with E-state index in [4.69, 9.17) is 10.4 Å². The summed E-state index contributed by atoms with van der Waals surface area (Å²) in [7, 11) is 0. The van der Waals surface area contributed by atoms with Crippen LogP contribution >= 0.6 is 12.6 Å². The van der Waals surface area contributed by atoms with Gasteiger partial charge in [0, 0.05) is 12.4 Å². The number of rotatable bonds is 1. The van der Waals surface area contributed by atoms with Gasteiger partial charge in [-0.2, -0.15) is 5.26 Å². The fourth-order valence-corrected chi connectivity index (χ4v) is 0.370. The topological polar surface area (TPSA) is 61.8 Å². The molecule has 0 atom stereocenters. The molecule has 10 heavy (non-hydrogen) atoms. The third kappa shape index (κ3) is 3.95. The van der Waals surface area contributed by atoms with Crippen molar-refractivity contribution in [1.29, 1.82) is 5.26 Å². The lowest BCUT2D eigenvalue weighted by molar-refractivity contribution is 0.210. The van der Waals surface area contributed by atoms with Gasteiger partial charge in [0.25, 0.3) is 0 Å². The molecule has 1 heterocycles. The van der Waals surface area contributed by atoms with Gasteiger partial charge < -0.3 is 9.67 Å². The van der Waals surface area contributed by atoms with Crippen molar-refractivity contribution in [3.8, 4) is 5.40 Å². The Morgan fingerprint density at radius 3 is 2.60 bits per heavy atom. The number of hydrogen-bond acceptors (Lipinski definition) is 4. The second kappa shape index (κ2) is 6.13. The van der Waals surface area contributed by atoms with Gasteiger partial charge in [-0.1, -0.05) is 12.6 Å². The Morgan fingerprint density at radius 2 is 2.40 bits per heavy atom. The fraction of sp³-hybridized carbons (Fsp3) is 0.200. The van der Waals surface area contributed by atoms with E-state index in [2.05, 4.69) is 17.6 Å². The molecule has 1 aromatic heterocycles.